The van der Waals surface area contributed by atoms with E-state index >= 15 is 0 Å². The first kappa shape index (κ1) is 20.6. The SMILES string of the molecule is CCN(C)c1ccc(/C=C/C(=O)c2cc3cc4c5c(c3oc2=O)CCCN5CCC4)cc1. The molecule has 0 N–H and O–H groups in total. The Kier molecular flexibility index (Phi) is 5.33. The van der Waals surface area contributed by atoms with Crippen molar-refractivity contribution >= 4 is 34.2 Å². The molecule has 2 aliphatic rings. The number of hydrogen-bond acceptors (Lipinski definition) is 5. The highest BCUT2D eigenvalue weighted by Gasteiger charge is 2.27. The first-order chi connectivity index (χ1) is 15.5. The molecule has 5 rings (SSSR count). The predicted octanol–water partition coefficient (Wildman–Crippen LogP) is 4.84. The second-order valence-electron chi connectivity index (χ2n) is 8.73. The largest absolute Gasteiger partial charge is 0.422 e. The molecule has 0 aliphatic carbocycles. The summed E-state index contributed by atoms with van der Waals surface area (Å²) >= 11 is 0. The van der Waals surface area contributed by atoms with Gasteiger partial charge in [-0.05, 0) is 74.1 Å². The summed E-state index contributed by atoms with van der Waals surface area (Å²) in [5.74, 6) is -0.330. The van der Waals surface area contributed by atoms with Crippen molar-refractivity contribution in [1.82, 2.24) is 0 Å². The minimum absolute atomic E-state index is 0.0895. The smallest absolute Gasteiger partial charge is 0.347 e. The fraction of sp³-hybridized carbons (Fsp3) is 0.333. The van der Waals surface area contributed by atoms with Gasteiger partial charge in [-0.15, -0.1) is 0 Å². The van der Waals surface area contributed by atoms with Gasteiger partial charge in [-0.2, -0.15) is 0 Å². The molecule has 2 aliphatic heterocycles. The number of anilines is 2. The van der Waals surface area contributed by atoms with Crippen LogP contribution in [-0.2, 0) is 12.8 Å². The molecular weight excluding hydrogens is 400 g/mol. The van der Waals surface area contributed by atoms with Crippen LogP contribution in [0.3, 0.4) is 0 Å². The summed E-state index contributed by atoms with van der Waals surface area (Å²) < 4.78 is 5.75. The van der Waals surface area contributed by atoms with Crippen molar-refractivity contribution in [2.75, 3.05) is 36.5 Å². The van der Waals surface area contributed by atoms with Crippen LogP contribution in [0.4, 0.5) is 11.4 Å². The van der Waals surface area contributed by atoms with E-state index in [4.69, 9.17) is 4.42 Å². The average molecular weight is 429 g/mol. The molecule has 1 aromatic heterocycles. The number of ketones is 1. The van der Waals surface area contributed by atoms with Crippen LogP contribution in [-0.4, -0.2) is 32.5 Å². The maximum absolute atomic E-state index is 12.8. The Morgan fingerprint density at radius 2 is 1.88 bits per heavy atom. The molecule has 0 fully saturated rings. The van der Waals surface area contributed by atoms with Gasteiger partial charge >= 0.3 is 5.63 Å². The minimum Gasteiger partial charge on any atom is -0.422 e. The molecule has 0 saturated carbocycles. The lowest BCUT2D eigenvalue weighted by Gasteiger charge is -2.37. The molecule has 0 spiro atoms. The number of carbonyl (C=O) groups excluding carboxylic acids is 1. The van der Waals surface area contributed by atoms with E-state index in [1.54, 1.807) is 12.1 Å². The fourth-order valence-electron chi connectivity index (χ4n) is 4.90. The molecule has 0 atom stereocenters. The van der Waals surface area contributed by atoms with E-state index < -0.39 is 5.63 Å². The van der Waals surface area contributed by atoms with E-state index in [1.807, 2.05) is 31.3 Å². The van der Waals surface area contributed by atoms with Crippen LogP contribution in [0, 0.1) is 0 Å². The van der Waals surface area contributed by atoms with Gasteiger partial charge in [-0.1, -0.05) is 18.2 Å². The third-order valence-electron chi connectivity index (χ3n) is 6.72. The minimum atomic E-state index is -0.559. The van der Waals surface area contributed by atoms with Crippen LogP contribution in [0.15, 0.2) is 51.7 Å². The lowest BCUT2D eigenvalue weighted by Crippen LogP contribution is -2.34. The zero-order valence-corrected chi connectivity index (χ0v) is 18.7. The molecule has 0 saturated heterocycles. The van der Waals surface area contributed by atoms with Gasteiger partial charge in [0.05, 0.1) is 0 Å². The number of hydrogen-bond donors (Lipinski definition) is 0. The second kappa shape index (κ2) is 8.30. The lowest BCUT2D eigenvalue weighted by molar-refractivity contribution is 0.104. The number of fused-ring (bicyclic) bond motifs is 2. The van der Waals surface area contributed by atoms with Crippen molar-refractivity contribution < 1.29 is 9.21 Å². The third kappa shape index (κ3) is 3.62. The maximum atomic E-state index is 12.8. The highest BCUT2D eigenvalue weighted by atomic mass is 16.4. The van der Waals surface area contributed by atoms with Crippen LogP contribution in [0.5, 0.6) is 0 Å². The number of rotatable bonds is 5. The van der Waals surface area contributed by atoms with Crippen LogP contribution >= 0.6 is 0 Å². The number of nitrogens with zero attached hydrogens (tertiary/aromatic N) is 2. The summed E-state index contributed by atoms with van der Waals surface area (Å²) in [6.07, 6.45) is 7.34. The van der Waals surface area contributed by atoms with E-state index in [2.05, 4.69) is 22.8 Å². The molecule has 2 aromatic carbocycles. The number of carbonyl (C=O) groups is 1. The first-order valence-corrected chi connectivity index (χ1v) is 11.5. The van der Waals surface area contributed by atoms with E-state index in [0.29, 0.717) is 5.58 Å². The molecule has 0 unspecified atom stereocenters. The average Bonchev–Trinajstić information content (AvgIpc) is 2.83. The molecule has 0 bridgehead atoms. The molecule has 5 nitrogen and oxygen atoms in total. The Labute approximate surface area is 187 Å². The molecule has 0 amide bonds. The summed E-state index contributed by atoms with van der Waals surface area (Å²) in [6, 6.07) is 11.8. The van der Waals surface area contributed by atoms with Gasteiger partial charge in [0.15, 0.2) is 5.78 Å². The number of allylic oxidation sites excluding steroid dienone is 1. The second-order valence-corrected chi connectivity index (χ2v) is 8.73. The number of benzene rings is 2. The van der Waals surface area contributed by atoms with Gasteiger partial charge in [0.1, 0.15) is 11.1 Å². The lowest BCUT2D eigenvalue weighted by atomic mass is 9.90. The van der Waals surface area contributed by atoms with Crippen LogP contribution in [0.1, 0.15) is 46.8 Å². The monoisotopic (exact) mass is 428 g/mol. The molecular formula is C27H28N2O3. The quantitative estimate of drug-likeness (QED) is 0.331. The van der Waals surface area contributed by atoms with Gasteiger partial charge in [0, 0.05) is 49.0 Å². The Hall–Kier alpha value is -3.34. The summed E-state index contributed by atoms with van der Waals surface area (Å²) in [5, 5.41) is 0.853. The van der Waals surface area contributed by atoms with Gasteiger partial charge < -0.3 is 14.2 Å². The van der Waals surface area contributed by atoms with Crippen LogP contribution < -0.4 is 15.4 Å². The number of aryl methyl sites for hydroxylation is 2. The normalized spacial score (nSPS) is 15.2. The fourth-order valence-corrected chi connectivity index (χ4v) is 4.90. The molecule has 3 aromatic rings. The van der Waals surface area contributed by atoms with Crippen molar-refractivity contribution in [1.29, 1.82) is 0 Å². The Balaban J connectivity index is 1.47. The van der Waals surface area contributed by atoms with Crippen molar-refractivity contribution in [3.05, 3.63) is 75.1 Å². The summed E-state index contributed by atoms with van der Waals surface area (Å²) in [6.45, 7) is 5.15. The molecule has 32 heavy (non-hydrogen) atoms. The topological polar surface area (TPSA) is 53.8 Å². The van der Waals surface area contributed by atoms with Gasteiger partial charge in [-0.25, -0.2) is 4.79 Å². The summed E-state index contributed by atoms with van der Waals surface area (Å²) in [7, 11) is 2.04. The van der Waals surface area contributed by atoms with Gasteiger partial charge in [0.2, 0.25) is 0 Å². The third-order valence-corrected chi connectivity index (χ3v) is 6.72. The van der Waals surface area contributed by atoms with E-state index in [-0.39, 0.29) is 11.3 Å². The van der Waals surface area contributed by atoms with E-state index in [1.165, 1.54) is 17.3 Å². The van der Waals surface area contributed by atoms with Crippen molar-refractivity contribution in [2.24, 2.45) is 0 Å². The van der Waals surface area contributed by atoms with Crippen molar-refractivity contribution in [3.63, 3.8) is 0 Å². The summed E-state index contributed by atoms with van der Waals surface area (Å²) in [4.78, 5) is 30.1. The van der Waals surface area contributed by atoms with E-state index in [0.717, 1.165) is 67.5 Å². The zero-order chi connectivity index (χ0) is 22.2. The van der Waals surface area contributed by atoms with Crippen LogP contribution in [0.25, 0.3) is 17.0 Å². The molecule has 5 heteroatoms. The molecule has 0 radical (unpaired) electrons. The predicted molar refractivity (Wildman–Crippen MR) is 130 cm³/mol. The summed E-state index contributed by atoms with van der Waals surface area (Å²) in [5.41, 5.74) is 5.91. The van der Waals surface area contributed by atoms with E-state index in [9.17, 15) is 9.59 Å². The Morgan fingerprint density at radius 1 is 1.12 bits per heavy atom. The van der Waals surface area contributed by atoms with Crippen molar-refractivity contribution in [3.8, 4) is 0 Å². The molecule has 3 heterocycles. The van der Waals surface area contributed by atoms with Gasteiger partial charge in [-0.3, -0.25) is 4.79 Å². The molecule has 164 valence electrons. The van der Waals surface area contributed by atoms with Gasteiger partial charge in [0.25, 0.3) is 0 Å². The standard InChI is InChI=1S/C27H28N2O3/c1-3-28(2)21-11-8-18(9-12-21)10-13-24(30)23-17-20-16-19-6-4-14-29-15-5-7-22(25(19)29)26(20)32-27(23)31/h8-13,16-17H,3-7,14-15H2,1-2H3/b13-10+. The Morgan fingerprint density at radius 3 is 2.62 bits per heavy atom. The zero-order valence-electron chi connectivity index (χ0n) is 18.7. The highest BCUT2D eigenvalue weighted by molar-refractivity contribution is 6.08. The van der Waals surface area contributed by atoms with Crippen molar-refractivity contribution in [2.45, 2.75) is 32.6 Å². The highest BCUT2D eigenvalue weighted by Crippen LogP contribution is 2.39. The Bertz CT molecular complexity index is 1270. The van der Waals surface area contributed by atoms with Crippen LogP contribution in [0.2, 0.25) is 0 Å². The first-order valence-electron chi connectivity index (χ1n) is 11.5. The maximum Gasteiger partial charge on any atom is 0.347 e.